The zero-order valence-corrected chi connectivity index (χ0v) is 10.7. The van der Waals surface area contributed by atoms with Crippen LogP contribution in [0, 0.1) is 0 Å². The van der Waals surface area contributed by atoms with Crippen molar-refractivity contribution in [2.75, 3.05) is 19.8 Å². The van der Waals surface area contributed by atoms with E-state index in [9.17, 15) is 0 Å². The third-order valence-corrected chi connectivity index (χ3v) is 2.89. The van der Waals surface area contributed by atoms with Crippen molar-refractivity contribution >= 4 is 9.53 Å². The van der Waals surface area contributed by atoms with Gasteiger partial charge in [-0.2, -0.15) is 0 Å². The van der Waals surface area contributed by atoms with Crippen LogP contribution in [0.5, 0.6) is 0 Å². The molecule has 0 rings (SSSR count). The Labute approximate surface area is 89.7 Å². The Morgan fingerprint density at radius 3 is 1.64 bits per heavy atom. The topological polar surface area (TPSA) is 27.7 Å². The van der Waals surface area contributed by atoms with Crippen molar-refractivity contribution in [1.82, 2.24) is 0 Å². The van der Waals surface area contributed by atoms with Crippen LogP contribution >= 0.6 is 0 Å². The van der Waals surface area contributed by atoms with Crippen molar-refractivity contribution in [1.29, 1.82) is 0 Å². The molecule has 0 aromatic carbocycles. The molecule has 0 aliphatic heterocycles. The van der Waals surface area contributed by atoms with Gasteiger partial charge in [-0.3, -0.25) is 0 Å². The van der Waals surface area contributed by atoms with Gasteiger partial charge in [0.25, 0.3) is 0 Å². The Morgan fingerprint density at radius 2 is 1.21 bits per heavy atom. The van der Waals surface area contributed by atoms with Crippen molar-refractivity contribution in [3.05, 3.63) is 0 Å². The van der Waals surface area contributed by atoms with E-state index < -0.39 is 9.53 Å². The van der Waals surface area contributed by atoms with Gasteiger partial charge >= 0.3 is 9.53 Å². The molecule has 14 heavy (non-hydrogen) atoms. The molecule has 0 saturated heterocycles. The van der Waals surface area contributed by atoms with E-state index in [0.29, 0.717) is 0 Å². The lowest BCUT2D eigenvalue weighted by Crippen LogP contribution is -2.28. The summed E-state index contributed by atoms with van der Waals surface area (Å²) in [6, 6.07) is 0. The van der Waals surface area contributed by atoms with Gasteiger partial charge in [0.15, 0.2) is 0 Å². The predicted molar refractivity (Wildman–Crippen MR) is 59.1 cm³/mol. The average molecular weight is 219 g/mol. The number of hydrogen-bond donors (Lipinski definition) is 0. The molecule has 0 saturated carbocycles. The summed E-state index contributed by atoms with van der Waals surface area (Å²) in [7, 11) is -1.44. The summed E-state index contributed by atoms with van der Waals surface area (Å²) < 4.78 is 16.5. The minimum absolute atomic E-state index is 0.740. The Morgan fingerprint density at radius 1 is 0.714 bits per heavy atom. The molecule has 0 atom stereocenters. The summed E-state index contributed by atoms with van der Waals surface area (Å²) in [5.41, 5.74) is 0. The van der Waals surface area contributed by atoms with Gasteiger partial charge in [0.2, 0.25) is 0 Å². The first-order valence-corrected chi connectivity index (χ1v) is 6.82. The lowest BCUT2D eigenvalue weighted by Gasteiger charge is -2.13. The maximum absolute atomic E-state index is 5.54. The fourth-order valence-corrected chi connectivity index (χ4v) is 2.10. The third-order valence-electron chi connectivity index (χ3n) is 1.57. The third kappa shape index (κ3) is 8.68. The van der Waals surface area contributed by atoms with Gasteiger partial charge in [-0.25, -0.2) is 0 Å². The van der Waals surface area contributed by atoms with Crippen molar-refractivity contribution in [2.45, 2.75) is 46.5 Å². The lowest BCUT2D eigenvalue weighted by molar-refractivity contribution is 0.0922. The van der Waals surface area contributed by atoms with Crippen LogP contribution in [0.25, 0.3) is 0 Å². The molecular weight excluding hydrogens is 196 g/mol. The van der Waals surface area contributed by atoms with Crippen molar-refractivity contribution < 1.29 is 13.3 Å². The van der Waals surface area contributed by atoms with Crippen LogP contribution < -0.4 is 0 Å². The van der Waals surface area contributed by atoms with Crippen LogP contribution in [-0.2, 0) is 13.3 Å². The first-order chi connectivity index (χ1) is 6.85. The molecule has 3 nitrogen and oxygen atoms in total. The van der Waals surface area contributed by atoms with Gasteiger partial charge in [0.05, 0.1) is 0 Å². The molecule has 0 aliphatic rings. The molecule has 0 spiro atoms. The highest BCUT2D eigenvalue weighted by Gasteiger charge is 2.17. The lowest BCUT2D eigenvalue weighted by atomic mass is 10.4. The molecule has 0 aromatic heterocycles. The van der Waals surface area contributed by atoms with Crippen LogP contribution in [-0.4, -0.2) is 29.3 Å². The molecular formula is C10H23O3Si. The zero-order chi connectivity index (χ0) is 10.6. The largest absolute Gasteiger partial charge is 0.577 e. The van der Waals surface area contributed by atoms with Gasteiger partial charge < -0.3 is 13.3 Å². The summed E-state index contributed by atoms with van der Waals surface area (Å²) in [5, 5.41) is 0. The van der Waals surface area contributed by atoms with E-state index in [0.717, 1.165) is 45.5 Å². The quantitative estimate of drug-likeness (QED) is 0.417. The van der Waals surface area contributed by atoms with Crippen LogP contribution in [0.2, 0.25) is 0 Å². The van der Waals surface area contributed by atoms with Crippen LogP contribution in [0.3, 0.4) is 0 Å². The normalized spacial score (nSPS) is 11.1. The minimum Gasteiger partial charge on any atom is -0.371 e. The monoisotopic (exact) mass is 219 g/mol. The first-order valence-electron chi connectivity index (χ1n) is 5.60. The highest BCUT2D eigenvalue weighted by molar-refractivity contribution is 6.36. The number of hydrogen-bond acceptors (Lipinski definition) is 3. The SMILES string of the molecule is CCCCO[Si](OCCC)OCCC. The highest BCUT2D eigenvalue weighted by Crippen LogP contribution is 1.98. The maximum atomic E-state index is 5.54. The van der Waals surface area contributed by atoms with Gasteiger partial charge in [0.1, 0.15) is 0 Å². The molecule has 0 heterocycles. The van der Waals surface area contributed by atoms with E-state index in [-0.39, 0.29) is 0 Å². The van der Waals surface area contributed by atoms with Crippen molar-refractivity contribution in [3.63, 3.8) is 0 Å². The van der Waals surface area contributed by atoms with Crippen LogP contribution in [0.15, 0.2) is 0 Å². The van der Waals surface area contributed by atoms with E-state index in [4.69, 9.17) is 13.3 Å². The summed E-state index contributed by atoms with van der Waals surface area (Å²) >= 11 is 0. The van der Waals surface area contributed by atoms with Gasteiger partial charge in [-0.1, -0.05) is 27.2 Å². The van der Waals surface area contributed by atoms with E-state index in [1.807, 2.05) is 0 Å². The van der Waals surface area contributed by atoms with Crippen LogP contribution in [0.4, 0.5) is 0 Å². The standard InChI is InChI=1S/C10H23O3Si/c1-4-7-10-13-14(11-8-5-2)12-9-6-3/h4-10H2,1-3H3. The summed E-state index contributed by atoms with van der Waals surface area (Å²) in [5.74, 6) is 0. The second-order valence-corrected chi connectivity index (χ2v) is 4.51. The predicted octanol–water partition coefficient (Wildman–Crippen LogP) is 2.64. The Bertz CT molecular complexity index is 104. The number of unbranched alkanes of at least 4 members (excludes halogenated alkanes) is 1. The maximum Gasteiger partial charge on any atom is 0.577 e. The smallest absolute Gasteiger partial charge is 0.371 e. The zero-order valence-electron chi connectivity index (χ0n) is 9.67. The molecule has 4 heteroatoms. The Balaban J connectivity index is 3.49. The van der Waals surface area contributed by atoms with Gasteiger partial charge in [-0.15, -0.1) is 0 Å². The van der Waals surface area contributed by atoms with Gasteiger partial charge in [0, 0.05) is 19.8 Å². The molecule has 1 radical (unpaired) electrons. The second kappa shape index (κ2) is 11.2. The fraction of sp³-hybridized carbons (Fsp3) is 1.00. The summed E-state index contributed by atoms with van der Waals surface area (Å²) in [6.07, 6.45) is 4.26. The van der Waals surface area contributed by atoms with Crippen LogP contribution in [0.1, 0.15) is 46.5 Å². The summed E-state index contributed by atoms with van der Waals surface area (Å²) in [4.78, 5) is 0. The molecule has 85 valence electrons. The fourth-order valence-electron chi connectivity index (χ4n) is 0.796. The van der Waals surface area contributed by atoms with Crippen molar-refractivity contribution in [2.24, 2.45) is 0 Å². The molecule has 0 amide bonds. The molecule has 0 bridgehead atoms. The van der Waals surface area contributed by atoms with Gasteiger partial charge in [-0.05, 0) is 19.3 Å². The van der Waals surface area contributed by atoms with E-state index in [1.165, 1.54) is 0 Å². The molecule has 0 unspecified atom stereocenters. The number of rotatable bonds is 10. The Kier molecular flexibility index (Phi) is 11.3. The summed E-state index contributed by atoms with van der Waals surface area (Å²) in [6.45, 7) is 8.57. The van der Waals surface area contributed by atoms with E-state index in [1.54, 1.807) is 0 Å². The highest BCUT2D eigenvalue weighted by atomic mass is 28.3. The van der Waals surface area contributed by atoms with Crippen molar-refractivity contribution in [3.8, 4) is 0 Å². The average Bonchev–Trinajstić information content (AvgIpc) is 2.21. The first kappa shape index (κ1) is 14.1. The molecule has 0 N–H and O–H groups in total. The second-order valence-electron chi connectivity index (χ2n) is 3.15. The Hall–Kier alpha value is 0.0969. The molecule has 0 aromatic rings. The van der Waals surface area contributed by atoms with E-state index in [2.05, 4.69) is 20.8 Å². The molecule has 0 fully saturated rings. The van der Waals surface area contributed by atoms with E-state index >= 15 is 0 Å². The minimum atomic E-state index is -1.44. The molecule has 0 aliphatic carbocycles.